The molecular formula is C14H17N3. The van der Waals surface area contributed by atoms with E-state index >= 15 is 0 Å². The second-order valence-corrected chi connectivity index (χ2v) is 4.93. The SMILES string of the molecule is Cc1cc(C)c(N2[C]N3CCCC3=N2)c(C)c1. The first kappa shape index (κ1) is 10.6. The summed E-state index contributed by atoms with van der Waals surface area (Å²) in [7, 11) is 0. The lowest BCUT2D eigenvalue weighted by atomic mass is 10.1. The molecule has 0 atom stereocenters. The van der Waals surface area contributed by atoms with E-state index in [9.17, 15) is 0 Å². The van der Waals surface area contributed by atoms with Crippen LogP contribution in [0.5, 0.6) is 0 Å². The van der Waals surface area contributed by atoms with Gasteiger partial charge in [-0.3, -0.25) is 0 Å². The second kappa shape index (κ2) is 3.76. The molecule has 2 heterocycles. The number of anilines is 1. The predicted molar refractivity (Wildman–Crippen MR) is 69.8 cm³/mol. The number of hydrogen-bond acceptors (Lipinski definition) is 3. The first-order valence-corrected chi connectivity index (χ1v) is 6.14. The number of aryl methyl sites for hydroxylation is 3. The van der Waals surface area contributed by atoms with Gasteiger partial charge in [-0.15, -0.1) is 0 Å². The fourth-order valence-corrected chi connectivity index (χ4v) is 2.73. The third kappa shape index (κ3) is 1.70. The molecule has 3 rings (SSSR count). The molecule has 0 aromatic heterocycles. The van der Waals surface area contributed by atoms with Crippen molar-refractivity contribution in [3.8, 4) is 0 Å². The molecule has 0 spiro atoms. The van der Waals surface area contributed by atoms with E-state index < -0.39 is 0 Å². The third-order valence-electron chi connectivity index (χ3n) is 3.37. The number of benzene rings is 1. The molecule has 1 aromatic rings. The fraction of sp³-hybridized carbons (Fsp3) is 0.429. The lowest BCUT2D eigenvalue weighted by Crippen LogP contribution is -2.21. The van der Waals surface area contributed by atoms with E-state index in [0.717, 1.165) is 18.8 Å². The molecule has 17 heavy (non-hydrogen) atoms. The molecule has 2 aliphatic rings. The van der Waals surface area contributed by atoms with Crippen molar-refractivity contribution < 1.29 is 0 Å². The Bertz CT molecular complexity index is 467. The molecule has 0 bridgehead atoms. The Morgan fingerprint density at radius 3 is 2.53 bits per heavy atom. The van der Waals surface area contributed by atoms with Gasteiger partial charge < -0.3 is 4.90 Å². The minimum atomic E-state index is 1.05. The summed E-state index contributed by atoms with van der Waals surface area (Å²) in [6.07, 6.45) is 2.28. The topological polar surface area (TPSA) is 18.8 Å². The van der Waals surface area contributed by atoms with Gasteiger partial charge in [0.15, 0.2) is 0 Å². The smallest absolute Gasteiger partial charge is 0.232 e. The van der Waals surface area contributed by atoms with Gasteiger partial charge in [-0.25, -0.2) is 5.01 Å². The number of hydrogen-bond donors (Lipinski definition) is 0. The molecule has 2 radical (unpaired) electrons. The van der Waals surface area contributed by atoms with E-state index in [1.54, 1.807) is 0 Å². The predicted octanol–water partition coefficient (Wildman–Crippen LogP) is 2.84. The van der Waals surface area contributed by atoms with E-state index in [1.165, 1.54) is 28.8 Å². The molecule has 1 aromatic carbocycles. The van der Waals surface area contributed by atoms with E-state index in [4.69, 9.17) is 0 Å². The molecule has 88 valence electrons. The quantitative estimate of drug-likeness (QED) is 0.734. The lowest BCUT2D eigenvalue weighted by molar-refractivity contribution is 0.551. The maximum Gasteiger partial charge on any atom is 0.232 e. The maximum atomic E-state index is 4.64. The number of fused-ring (bicyclic) bond motifs is 1. The first-order valence-electron chi connectivity index (χ1n) is 6.14. The molecule has 0 unspecified atom stereocenters. The fourth-order valence-electron chi connectivity index (χ4n) is 2.73. The van der Waals surface area contributed by atoms with Crippen LogP contribution in [0.2, 0.25) is 0 Å². The highest BCUT2D eigenvalue weighted by Gasteiger charge is 2.30. The number of nitrogens with zero attached hydrogens (tertiary/aromatic N) is 3. The molecule has 0 N–H and O–H groups in total. The number of rotatable bonds is 1. The minimum absolute atomic E-state index is 1.05. The van der Waals surface area contributed by atoms with Crippen molar-refractivity contribution in [1.82, 2.24) is 4.90 Å². The molecule has 0 amide bonds. The van der Waals surface area contributed by atoms with Crippen molar-refractivity contribution in [1.29, 1.82) is 0 Å². The van der Waals surface area contributed by atoms with Gasteiger partial charge in [-0.2, -0.15) is 5.10 Å². The summed E-state index contributed by atoms with van der Waals surface area (Å²) in [6.45, 7) is 10.8. The summed E-state index contributed by atoms with van der Waals surface area (Å²) >= 11 is 0. The van der Waals surface area contributed by atoms with Crippen molar-refractivity contribution in [2.24, 2.45) is 5.10 Å². The Labute approximate surface area is 103 Å². The van der Waals surface area contributed by atoms with Crippen molar-refractivity contribution >= 4 is 11.5 Å². The van der Waals surface area contributed by atoms with Crippen LogP contribution in [0, 0.1) is 27.4 Å². The maximum absolute atomic E-state index is 4.64. The highest BCUT2D eigenvalue weighted by Crippen LogP contribution is 2.32. The van der Waals surface area contributed by atoms with Crippen LogP contribution in [0.1, 0.15) is 29.5 Å². The standard InChI is InChI=1S/C14H17N3/c1-10-7-11(2)14(12(3)8-10)17-9-16-6-4-5-13(16)15-17/h7-8H,4-6H2,1-3H3. The van der Waals surface area contributed by atoms with Crippen LogP contribution in [0.3, 0.4) is 0 Å². The highest BCUT2D eigenvalue weighted by atomic mass is 15.6. The molecule has 2 aliphatic heterocycles. The molecule has 0 saturated carbocycles. The number of hydrazone groups is 1. The Kier molecular flexibility index (Phi) is 2.35. The average molecular weight is 227 g/mol. The van der Waals surface area contributed by atoms with Gasteiger partial charge in [0.05, 0.1) is 5.69 Å². The summed E-state index contributed by atoms with van der Waals surface area (Å²) < 4.78 is 0. The highest BCUT2D eigenvalue weighted by molar-refractivity contribution is 5.88. The average Bonchev–Trinajstić information content (AvgIpc) is 2.75. The van der Waals surface area contributed by atoms with E-state index in [1.807, 2.05) is 5.01 Å². The van der Waals surface area contributed by atoms with E-state index in [2.05, 4.69) is 49.6 Å². The lowest BCUT2D eigenvalue weighted by Gasteiger charge is -2.19. The van der Waals surface area contributed by atoms with Gasteiger partial charge >= 0.3 is 0 Å². The zero-order valence-corrected chi connectivity index (χ0v) is 10.6. The normalized spacial score (nSPS) is 18.6. The molecule has 3 nitrogen and oxygen atoms in total. The van der Waals surface area contributed by atoms with Crippen LogP contribution < -0.4 is 5.01 Å². The number of amidine groups is 1. The molecule has 1 saturated heterocycles. The van der Waals surface area contributed by atoms with Crippen molar-refractivity contribution in [2.75, 3.05) is 11.6 Å². The van der Waals surface area contributed by atoms with Gasteiger partial charge in [0.1, 0.15) is 5.84 Å². The minimum Gasteiger partial charge on any atom is -0.327 e. The monoisotopic (exact) mass is 227 g/mol. The van der Waals surface area contributed by atoms with Gasteiger partial charge in [0, 0.05) is 13.0 Å². The van der Waals surface area contributed by atoms with Crippen molar-refractivity contribution in [2.45, 2.75) is 33.6 Å². The van der Waals surface area contributed by atoms with Gasteiger partial charge in [0.25, 0.3) is 0 Å². The van der Waals surface area contributed by atoms with E-state index in [0.29, 0.717) is 0 Å². The van der Waals surface area contributed by atoms with Crippen molar-refractivity contribution in [3.63, 3.8) is 0 Å². The summed E-state index contributed by atoms with van der Waals surface area (Å²) in [5, 5.41) is 6.55. The van der Waals surface area contributed by atoms with Crippen LogP contribution in [-0.2, 0) is 0 Å². The summed E-state index contributed by atoms with van der Waals surface area (Å²) in [5.41, 5.74) is 5.01. The summed E-state index contributed by atoms with van der Waals surface area (Å²) in [4.78, 5) is 2.14. The largest absolute Gasteiger partial charge is 0.327 e. The van der Waals surface area contributed by atoms with Crippen molar-refractivity contribution in [3.05, 3.63) is 35.5 Å². The Balaban J connectivity index is 1.98. The molecule has 0 aliphatic carbocycles. The van der Waals surface area contributed by atoms with Crippen LogP contribution in [0.15, 0.2) is 17.2 Å². The summed E-state index contributed by atoms with van der Waals surface area (Å²) in [5.74, 6) is 1.16. The zero-order chi connectivity index (χ0) is 12.0. The molecule has 3 heteroatoms. The van der Waals surface area contributed by atoms with Gasteiger partial charge in [-0.05, 0) is 38.3 Å². The van der Waals surface area contributed by atoms with Crippen LogP contribution >= 0.6 is 0 Å². The third-order valence-corrected chi connectivity index (χ3v) is 3.37. The van der Waals surface area contributed by atoms with Crippen LogP contribution in [0.4, 0.5) is 5.69 Å². The van der Waals surface area contributed by atoms with Gasteiger partial charge in [0.2, 0.25) is 6.67 Å². The zero-order valence-electron chi connectivity index (χ0n) is 10.6. The Morgan fingerprint density at radius 2 is 1.88 bits per heavy atom. The summed E-state index contributed by atoms with van der Waals surface area (Å²) in [6, 6.07) is 4.40. The molecule has 1 fully saturated rings. The van der Waals surface area contributed by atoms with Gasteiger partial charge in [-0.1, -0.05) is 17.7 Å². The van der Waals surface area contributed by atoms with E-state index in [-0.39, 0.29) is 0 Å². The Morgan fingerprint density at radius 1 is 1.18 bits per heavy atom. The molecular weight excluding hydrogens is 210 g/mol. The second-order valence-electron chi connectivity index (χ2n) is 4.93. The first-order chi connectivity index (χ1) is 8.15. The van der Waals surface area contributed by atoms with Crippen LogP contribution in [-0.4, -0.2) is 17.3 Å². The Hall–Kier alpha value is -1.51. The van der Waals surface area contributed by atoms with Crippen LogP contribution in [0.25, 0.3) is 0 Å².